The van der Waals surface area contributed by atoms with Gasteiger partial charge < -0.3 is 14.6 Å². The van der Waals surface area contributed by atoms with Crippen LogP contribution in [0.1, 0.15) is 41.6 Å². The van der Waals surface area contributed by atoms with Crippen molar-refractivity contribution in [3.63, 3.8) is 0 Å². The van der Waals surface area contributed by atoms with Gasteiger partial charge in [-0.3, -0.25) is 9.59 Å². The average Bonchev–Trinajstić information content (AvgIpc) is 2.74. The molecule has 2 atom stereocenters. The minimum atomic E-state index is -4.51. The summed E-state index contributed by atoms with van der Waals surface area (Å²) in [4.78, 5) is 24.5. The molecule has 23 heavy (non-hydrogen) atoms. The minimum Gasteiger partial charge on any atom is -0.466 e. The number of hydrogen-bond donors (Lipinski definition) is 1. The van der Waals surface area contributed by atoms with Gasteiger partial charge in [0.1, 0.15) is 17.6 Å². The molecule has 2 amide bonds. The summed E-state index contributed by atoms with van der Waals surface area (Å²) >= 11 is 0. The number of piperidine rings is 1. The molecule has 1 aromatic heterocycles. The molecule has 8 heteroatoms. The zero-order valence-electron chi connectivity index (χ0n) is 13.2. The Bertz CT molecular complexity index is 610. The van der Waals surface area contributed by atoms with Gasteiger partial charge in [-0.25, -0.2) is 0 Å². The highest BCUT2D eigenvalue weighted by molar-refractivity contribution is 5.95. The van der Waals surface area contributed by atoms with Crippen molar-refractivity contribution >= 4 is 11.8 Å². The maximum atomic E-state index is 13.3. The summed E-state index contributed by atoms with van der Waals surface area (Å²) in [5.74, 6) is -0.306. The second-order valence-corrected chi connectivity index (χ2v) is 5.82. The Balaban J connectivity index is 2.29. The lowest BCUT2D eigenvalue weighted by molar-refractivity contribution is -0.184. The van der Waals surface area contributed by atoms with Gasteiger partial charge in [-0.2, -0.15) is 13.2 Å². The first-order valence-electron chi connectivity index (χ1n) is 7.31. The lowest BCUT2D eigenvalue weighted by Crippen LogP contribution is -2.58. The van der Waals surface area contributed by atoms with E-state index >= 15 is 0 Å². The largest absolute Gasteiger partial charge is 0.466 e. The molecule has 0 spiro atoms. The van der Waals surface area contributed by atoms with Crippen LogP contribution in [0.3, 0.4) is 0 Å². The number of nitrogens with one attached hydrogen (secondary N) is 1. The molecule has 1 N–H and O–H groups in total. The molecule has 0 aromatic carbocycles. The second kappa shape index (κ2) is 6.25. The van der Waals surface area contributed by atoms with Crippen molar-refractivity contribution in [2.24, 2.45) is 0 Å². The number of likely N-dealkylation sites (tertiary alicyclic amines) is 1. The first kappa shape index (κ1) is 17.4. The van der Waals surface area contributed by atoms with E-state index in [9.17, 15) is 22.8 Å². The summed E-state index contributed by atoms with van der Waals surface area (Å²) in [6.07, 6.45) is -4.57. The van der Waals surface area contributed by atoms with Crippen molar-refractivity contribution in [2.45, 2.75) is 51.9 Å². The third-order valence-electron chi connectivity index (χ3n) is 3.90. The highest BCUT2D eigenvalue weighted by Gasteiger charge is 2.48. The maximum absolute atomic E-state index is 13.3. The van der Waals surface area contributed by atoms with Crippen LogP contribution >= 0.6 is 0 Å². The van der Waals surface area contributed by atoms with E-state index in [0.29, 0.717) is 5.76 Å². The van der Waals surface area contributed by atoms with Crippen LogP contribution in [-0.4, -0.2) is 41.5 Å². The number of furan rings is 1. The van der Waals surface area contributed by atoms with Crippen LogP contribution < -0.4 is 5.32 Å². The molecular weight excluding hydrogens is 313 g/mol. The van der Waals surface area contributed by atoms with Gasteiger partial charge in [0.15, 0.2) is 0 Å². The van der Waals surface area contributed by atoms with Gasteiger partial charge in [0, 0.05) is 19.5 Å². The number of carbonyl (C=O) groups is 2. The fourth-order valence-electron chi connectivity index (χ4n) is 2.94. The molecule has 0 unspecified atom stereocenters. The Labute approximate surface area is 131 Å². The molecule has 2 rings (SSSR count). The maximum Gasteiger partial charge on any atom is 0.408 e. The molecule has 1 aromatic rings. The van der Waals surface area contributed by atoms with Gasteiger partial charge in [0.05, 0.1) is 5.56 Å². The number of amides is 2. The molecule has 2 heterocycles. The van der Waals surface area contributed by atoms with E-state index in [2.05, 4.69) is 5.32 Å². The molecular formula is C15H19F3N2O3. The smallest absolute Gasteiger partial charge is 0.408 e. The molecule has 0 radical (unpaired) electrons. The highest BCUT2D eigenvalue weighted by atomic mass is 19.4. The standard InChI is InChI=1S/C15H19F3N2O3/c1-8-6-12(9(2)23-8)14(22)20-7-11(19-10(3)21)4-5-13(20)15(16,17)18/h6,11,13H,4-5,7H2,1-3H3,(H,19,21)/t11-,13-/m1/s1. The van der Waals surface area contributed by atoms with Gasteiger partial charge >= 0.3 is 6.18 Å². The summed E-state index contributed by atoms with van der Waals surface area (Å²) in [6, 6.07) is -0.898. The van der Waals surface area contributed by atoms with Gasteiger partial charge in [0.25, 0.3) is 5.91 Å². The van der Waals surface area contributed by atoms with Gasteiger partial charge in [-0.1, -0.05) is 0 Å². The van der Waals surface area contributed by atoms with E-state index in [4.69, 9.17) is 4.42 Å². The quantitative estimate of drug-likeness (QED) is 0.905. The third-order valence-corrected chi connectivity index (χ3v) is 3.90. The van der Waals surface area contributed by atoms with Crippen LogP contribution in [0, 0.1) is 13.8 Å². The predicted molar refractivity (Wildman–Crippen MR) is 75.9 cm³/mol. The normalized spacial score (nSPS) is 22.1. The van der Waals surface area contributed by atoms with E-state index in [1.807, 2.05) is 0 Å². The Morgan fingerprint density at radius 2 is 1.96 bits per heavy atom. The molecule has 1 aliphatic rings. The van der Waals surface area contributed by atoms with Gasteiger partial charge in [-0.15, -0.1) is 0 Å². The number of nitrogens with zero attached hydrogens (tertiary/aromatic N) is 1. The summed E-state index contributed by atoms with van der Waals surface area (Å²) in [6.45, 7) is 4.29. The number of halogens is 3. The second-order valence-electron chi connectivity index (χ2n) is 5.82. The van der Waals surface area contributed by atoms with Gasteiger partial charge in [-0.05, 0) is 32.8 Å². The summed E-state index contributed by atoms with van der Waals surface area (Å²) in [5.41, 5.74) is 0.125. The molecule has 128 valence electrons. The zero-order valence-corrected chi connectivity index (χ0v) is 13.2. The molecule has 0 saturated carbocycles. The third kappa shape index (κ3) is 3.86. The Hall–Kier alpha value is -1.99. The van der Waals surface area contributed by atoms with Crippen LogP contribution in [0.15, 0.2) is 10.5 Å². The van der Waals surface area contributed by atoms with Crippen molar-refractivity contribution in [3.05, 3.63) is 23.2 Å². The van der Waals surface area contributed by atoms with Crippen LogP contribution in [0.5, 0.6) is 0 Å². The number of alkyl halides is 3. The van der Waals surface area contributed by atoms with E-state index < -0.39 is 24.2 Å². The monoisotopic (exact) mass is 332 g/mol. The Morgan fingerprint density at radius 1 is 1.30 bits per heavy atom. The molecule has 1 fully saturated rings. The summed E-state index contributed by atoms with van der Waals surface area (Å²) in [7, 11) is 0. The van der Waals surface area contributed by atoms with Gasteiger partial charge in [0.2, 0.25) is 5.91 Å². The SMILES string of the molecule is CC(=O)N[C@@H]1CC[C@H](C(F)(F)F)N(C(=O)c2cc(C)oc2C)C1. The molecule has 0 aliphatic carbocycles. The number of hydrogen-bond acceptors (Lipinski definition) is 3. The van der Waals surface area contributed by atoms with E-state index in [1.54, 1.807) is 6.92 Å². The lowest BCUT2D eigenvalue weighted by atomic mass is 9.96. The highest BCUT2D eigenvalue weighted by Crippen LogP contribution is 2.33. The van der Waals surface area contributed by atoms with E-state index in [1.165, 1.54) is 19.9 Å². The molecule has 1 saturated heterocycles. The predicted octanol–water partition coefficient (Wildman–Crippen LogP) is 2.57. The number of aryl methyl sites for hydroxylation is 2. The topological polar surface area (TPSA) is 62.6 Å². The number of rotatable bonds is 2. The van der Waals surface area contributed by atoms with Crippen molar-refractivity contribution in [1.82, 2.24) is 10.2 Å². The van der Waals surface area contributed by atoms with Crippen LogP contribution in [0.4, 0.5) is 13.2 Å². The van der Waals surface area contributed by atoms with Crippen molar-refractivity contribution in [2.75, 3.05) is 6.54 Å². The van der Waals surface area contributed by atoms with Crippen LogP contribution in [-0.2, 0) is 4.79 Å². The molecule has 5 nitrogen and oxygen atoms in total. The lowest BCUT2D eigenvalue weighted by Gasteiger charge is -2.40. The molecule has 1 aliphatic heterocycles. The fourth-order valence-corrected chi connectivity index (χ4v) is 2.94. The van der Waals surface area contributed by atoms with Crippen molar-refractivity contribution in [3.8, 4) is 0 Å². The van der Waals surface area contributed by atoms with Crippen LogP contribution in [0.25, 0.3) is 0 Å². The van der Waals surface area contributed by atoms with Crippen LogP contribution in [0.2, 0.25) is 0 Å². The Kier molecular flexibility index (Phi) is 4.72. The van der Waals surface area contributed by atoms with Crippen molar-refractivity contribution < 1.29 is 27.2 Å². The average molecular weight is 332 g/mol. The first-order valence-corrected chi connectivity index (χ1v) is 7.31. The Morgan fingerprint density at radius 3 is 2.43 bits per heavy atom. The molecule has 0 bridgehead atoms. The number of carbonyl (C=O) groups excluding carboxylic acids is 2. The van der Waals surface area contributed by atoms with E-state index in [0.717, 1.165) is 4.90 Å². The van der Waals surface area contributed by atoms with Crippen molar-refractivity contribution in [1.29, 1.82) is 0 Å². The fraction of sp³-hybridized carbons (Fsp3) is 0.600. The van der Waals surface area contributed by atoms with E-state index in [-0.39, 0.29) is 36.6 Å². The summed E-state index contributed by atoms with van der Waals surface area (Å²) in [5, 5.41) is 2.59. The minimum absolute atomic E-state index is 0.125. The summed E-state index contributed by atoms with van der Waals surface area (Å²) < 4.78 is 45.0. The first-order chi connectivity index (χ1) is 10.6. The zero-order chi connectivity index (χ0) is 17.4.